The number of carbonyl (C=O) groups excluding carboxylic acids is 1. The van der Waals surface area contributed by atoms with Crippen LogP contribution in [0.2, 0.25) is 0 Å². The van der Waals surface area contributed by atoms with Crippen molar-refractivity contribution in [2.45, 2.75) is 33.0 Å². The van der Waals surface area contributed by atoms with Crippen LogP contribution in [-0.2, 0) is 11.3 Å². The van der Waals surface area contributed by atoms with Crippen molar-refractivity contribution in [3.63, 3.8) is 0 Å². The van der Waals surface area contributed by atoms with E-state index in [1.807, 2.05) is 63.2 Å². The van der Waals surface area contributed by atoms with Gasteiger partial charge in [-0.1, -0.05) is 12.1 Å². The van der Waals surface area contributed by atoms with Gasteiger partial charge in [-0.3, -0.25) is 0 Å². The number of benzene rings is 2. The summed E-state index contributed by atoms with van der Waals surface area (Å²) in [6.45, 7) is 8.69. The molecule has 7 nitrogen and oxygen atoms in total. The Kier molecular flexibility index (Phi) is 6.59. The predicted octanol–water partition coefficient (Wildman–Crippen LogP) is 3.91. The number of methoxy groups -OCH3 is 1. The molecule has 0 aromatic heterocycles. The maximum Gasteiger partial charge on any atom is 0.410 e. The summed E-state index contributed by atoms with van der Waals surface area (Å²) in [5, 5.41) is 0. The normalized spacial score (nSPS) is 14.4. The smallest absolute Gasteiger partial charge is 0.410 e. The Labute approximate surface area is 178 Å². The fourth-order valence-electron chi connectivity index (χ4n) is 3.26. The molecule has 0 aliphatic carbocycles. The monoisotopic (exact) mass is 413 g/mol. The van der Waals surface area contributed by atoms with E-state index in [9.17, 15) is 4.79 Å². The molecule has 0 unspecified atom stereocenters. The summed E-state index contributed by atoms with van der Waals surface area (Å²) in [6, 6.07) is 13.5. The van der Waals surface area contributed by atoms with Crippen molar-refractivity contribution in [1.29, 1.82) is 0 Å². The molecule has 0 spiro atoms. The van der Waals surface area contributed by atoms with Crippen molar-refractivity contribution in [2.75, 3.05) is 43.9 Å². The first-order valence-electron chi connectivity index (χ1n) is 10.1. The topological polar surface area (TPSA) is 77.3 Å². The Bertz CT molecular complexity index is 854. The number of ether oxygens (including phenoxy) is 3. The maximum absolute atomic E-state index is 12.2. The van der Waals surface area contributed by atoms with E-state index in [1.165, 1.54) is 0 Å². The van der Waals surface area contributed by atoms with Crippen LogP contribution in [0.3, 0.4) is 0 Å². The molecule has 1 aliphatic heterocycles. The molecule has 7 heteroatoms. The van der Waals surface area contributed by atoms with Crippen molar-refractivity contribution in [2.24, 2.45) is 0 Å². The molecule has 3 rings (SSSR count). The highest BCUT2D eigenvalue weighted by atomic mass is 16.6. The summed E-state index contributed by atoms with van der Waals surface area (Å²) < 4.78 is 16.5. The van der Waals surface area contributed by atoms with Crippen molar-refractivity contribution in [3.05, 3.63) is 48.0 Å². The lowest BCUT2D eigenvalue weighted by Gasteiger charge is -2.37. The van der Waals surface area contributed by atoms with E-state index in [0.29, 0.717) is 38.5 Å². The third-order valence-corrected chi connectivity index (χ3v) is 4.84. The molecule has 2 aromatic rings. The SMILES string of the molecule is COc1ccc(COc2ccc(N3CCN(C(=O)OC(C)(C)C)CC3)c(N)c2)cc1. The molecule has 1 fully saturated rings. The molecule has 30 heavy (non-hydrogen) atoms. The summed E-state index contributed by atoms with van der Waals surface area (Å²) in [7, 11) is 1.65. The van der Waals surface area contributed by atoms with E-state index >= 15 is 0 Å². The largest absolute Gasteiger partial charge is 0.497 e. The van der Waals surface area contributed by atoms with Gasteiger partial charge >= 0.3 is 6.09 Å². The van der Waals surface area contributed by atoms with E-state index in [-0.39, 0.29) is 6.09 Å². The standard InChI is InChI=1S/C23H31N3O4/c1-23(2,3)30-22(27)26-13-11-25(12-14-26)21-10-9-19(15-20(21)24)29-16-17-5-7-18(28-4)8-6-17/h5-10,15H,11-14,16,24H2,1-4H3. The van der Waals surface area contributed by atoms with Crippen molar-refractivity contribution in [1.82, 2.24) is 4.90 Å². The first-order chi connectivity index (χ1) is 14.2. The van der Waals surface area contributed by atoms with E-state index in [2.05, 4.69) is 4.90 Å². The molecule has 2 aromatic carbocycles. The summed E-state index contributed by atoms with van der Waals surface area (Å²) >= 11 is 0. The molecule has 1 heterocycles. The highest BCUT2D eigenvalue weighted by Crippen LogP contribution is 2.29. The zero-order valence-electron chi connectivity index (χ0n) is 18.2. The highest BCUT2D eigenvalue weighted by molar-refractivity contribution is 5.71. The number of nitrogens with two attached hydrogens (primary N) is 1. The summed E-state index contributed by atoms with van der Waals surface area (Å²) in [5.74, 6) is 1.54. The van der Waals surface area contributed by atoms with Gasteiger partial charge < -0.3 is 29.7 Å². The summed E-state index contributed by atoms with van der Waals surface area (Å²) in [5.41, 5.74) is 8.47. The van der Waals surface area contributed by atoms with Crippen LogP contribution >= 0.6 is 0 Å². The lowest BCUT2D eigenvalue weighted by molar-refractivity contribution is 0.0240. The number of hydrogen-bond donors (Lipinski definition) is 1. The summed E-state index contributed by atoms with van der Waals surface area (Å²) in [4.78, 5) is 16.2. The maximum atomic E-state index is 12.2. The van der Waals surface area contributed by atoms with Crippen molar-refractivity contribution >= 4 is 17.5 Å². The predicted molar refractivity (Wildman–Crippen MR) is 118 cm³/mol. The van der Waals surface area contributed by atoms with Gasteiger partial charge in [0.2, 0.25) is 0 Å². The van der Waals surface area contributed by atoms with Gasteiger partial charge in [-0.15, -0.1) is 0 Å². The minimum Gasteiger partial charge on any atom is -0.497 e. The minimum atomic E-state index is -0.486. The first-order valence-corrected chi connectivity index (χ1v) is 10.1. The lowest BCUT2D eigenvalue weighted by atomic mass is 10.2. The van der Waals surface area contributed by atoms with E-state index in [1.54, 1.807) is 12.0 Å². The second kappa shape index (κ2) is 9.15. The zero-order valence-corrected chi connectivity index (χ0v) is 18.2. The van der Waals surface area contributed by atoms with E-state index in [4.69, 9.17) is 19.9 Å². The van der Waals surface area contributed by atoms with Crippen LogP contribution in [-0.4, -0.2) is 49.9 Å². The lowest BCUT2D eigenvalue weighted by Crippen LogP contribution is -2.50. The van der Waals surface area contributed by atoms with Gasteiger partial charge in [-0.25, -0.2) is 4.79 Å². The quantitative estimate of drug-likeness (QED) is 0.749. The molecule has 162 valence electrons. The van der Waals surface area contributed by atoms with Gasteiger partial charge in [0.05, 0.1) is 18.5 Å². The van der Waals surface area contributed by atoms with Gasteiger partial charge in [0.1, 0.15) is 23.7 Å². The molecule has 1 saturated heterocycles. The van der Waals surface area contributed by atoms with Crippen molar-refractivity contribution in [3.8, 4) is 11.5 Å². The number of amides is 1. The Morgan fingerprint density at radius 2 is 1.63 bits per heavy atom. The number of piperazine rings is 1. The Balaban J connectivity index is 1.54. The molecule has 2 N–H and O–H groups in total. The van der Waals surface area contributed by atoms with Crippen LogP contribution in [0.5, 0.6) is 11.5 Å². The molecular weight excluding hydrogens is 382 g/mol. The number of hydrogen-bond acceptors (Lipinski definition) is 6. The summed E-state index contributed by atoms with van der Waals surface area (Å²) in [6.07, 6.45) is -0.266. The third-order valence-electron chi connectivity index (χ3n) is 4.84. The Hall–Kier alpha value is -3.09. The molecule has 0 bridgehead atoms. The second-order valence-corrected chi connectivity index (χ2v) is 8.31. The van der Waals surface area contributed by atoms with Crippen LogP contribution in [0.4, 0.5) is 16.2 Å². The van der Waals surface area contributed by atoms with Crippen LogP contribution in [0, 0.1) is 0 Å². The van der Waals surface area contributed by atoms with Crippen LogP contribution in [0.1, 0.15) is 26.3 Å². The molecule has 0 radical (unpaired) electrons. The van der Waals surface area contributed by atoms with Gasteiger partial charge in [-0.2, -0.15) is 0 Å². The second-order valence-electron chi connectivity index (χ2n) is 8.31. The van der Waals surface area contributed by atoms with Gasteiger partial charge in [0.15, 0.2) is 0 Å². The van der Waals surface area contributed by atoms with Crippen LogP contribution < -0.4 is 20.1 Å². The number of nitrogens with zero attached hydrogens (tertiary/aromatic N) is 2. The van der Waals surface area contributed by atoms with Gasteiger partial charge in [0, 0.05) is 32.2 Å². The van der Waals surface area contributed by atoms with Crippen molar-refractivity contribution < 1.29 is 19.0 Å². The first kappa shape index (κ1) is 21.6. The van der Waals surface area contributed by atoms with Gasteiger partial charge in [-0.05, 0) is 50.6 Å². The fraction of sp³-hybridized carbons (Fsp3) is 0.435. The van der Waals surface area contributed by atoms with Crippen LogP contribution in [0.25, 0.3) is 0 Å². The fourth-order valence-corrected chi connectivity index (χ4v) is 3.26. The Morgan fingerprint density at radius 3 is 2.20 bits per heavy atom. The number of rotatable bonds is 5. The number of nitrogen functional groups attached to an aromatic ring is 1. The molecule has 1 aliphatic rings. The number of carbonyl (C=O) groups is 1. The van der Waals surface area contributed by atoms with E-state index in [0.717, 1.165) is 22.7 Å². The molecule has 0 atom stereocenters. The minimum absolute atomic E-state index is 0.266. The van der Waals surface area contributed by atoms with E-state index < -0.39 is 5.60 Å². The molecule has 1 amide bonds. The van der Waals surface area contributed by atoms with Crippen LogP contribution in [0.15, 0.2) is 42.5 Å². The number of anilines is 2. The molecular formula is C23H31N3O4. The Morgan fingerprint density at radius 1 is 1.00 bits per heavy atom. The highest BCUT2D eigenvalue weighted by Gasteiger charge is 2.26. The third kappa shape index (κ3) is 5.72. The average molecular weight is 414 g/mol. The average Bonchev–Trinajstić information content (AvgIpc) is 2.71. The van der Waals surface area contributed by atoms with Gasteiger partial charge in [0.25, 0.3) is 0 Å². The zero-order chi connectivity index (χ0) is 21.7. The molecule has 0 saturated carbocycles.